The molecule has 0 amide bonds. The van der Waals surface area contributed by atoms with Crippen molar-refractivity contribution >= 4 is 17.6 Å². The number of thioether (sulfide) groups is 1. The van der Waals surface area contributed by atoms with E-state index in [2.05, 4.69) is 21.4 Å². The van der Waals surface area contributed by atoms with Crippen molar-refractivity contribution in [1.82, 2.24) is 9.97 Å². The molecule has 2 aliphatic rings. The summed E-state index contributed by atoms with van der Waals surface area (Å²) in [5.74, 6) is 2.86. The van der Waals surface area contributed by atoms with Crippen LogP contribution in [-0.4, -0.2) is 39.7 Å². The van der Waals surface area contributed by atoms with Crippen LogP contribution in [0.15, 0.2) is 12.4 Å². The van der Waals surface area contributed by atoms with Gasteiger partial charge in [0.2, 0.25) is 0 Å². The number of hydrogen-bond acceptors (Lipinski definition) is 6. The second-order valence-corrected chi connectivity index (χ2v) is 6.14. The van der Waals surface area contributed by atoms with E-state index in [9.17, 15) is 0 Å². The summed E-state index contributed by atoms with van der Waals surface area (Å²) < 4.78 is 5.99. The number of nitrogens with zero attached hydrogens (tertiary/aromatic N) is 3. The molecule has 5 nitrogen and oxygen atoms in total. The van der Waals surface area contributed by atoms with Gasteiger partial charge in [-0.05, 0) is 25.0 Å². The van der Waals surface area contributed by atoms with Gasteiger partial charge in [0.15, 0.2) is 11.5 Å². The van der Waals surface area contributed by atoms with Crippen LogP contribution in [0.5, 0.6) is 0 Å². The minimum absolute atomic E-state index is 0.0373. The van der Waals surface area contributed by atoms with Crippen LogP contribution in [-0.2, 0) is 4.74 Å². The van der Waals surface area contributed by atoms with Crippen LogP contribution in [0.3, 0.4) is 0 Å². The van der Waals surface area contributed by atoms with E-state index < -0.39 is 0 Å². The zero-order valence-electron chi connectivity index (χ0n) is 10.6. The van der Waals surface area contributed by atoms with Crippen LogP contribution in [0.4, 0.5) is 5.82 Å². The molecule has 0 aromatic carbocycles. The molecule has 3 heterocycles. The fourth-order valence-electron chi connectivity index (χ4n) is 2.73. The highest BCUT2D eigenvalue weighted by Gasteiger charge is 2.40. The van der Waals surface area contributed by atoms with Crippen molar-refractivity contribution in [3.8, 4) is 6.07 Å². The maximum Gasteiger partial charge on any atom is 0.182 e. The summed E-state index contributed by atoms with van der Waals surface area (Å²) in [7, 11) is 0. The summed E-state index contributed by atoms with van der Waals surface area (Å²) in [4.78, 5) is 8.25. The van der Waals surface area contributed by atoms with Crippen LogP contribution < -0.4 is 5.32 Å². The fraction of sp³-hybridized carbons (Fsp3) is 0.615. The van der Waals surface area contributed by atoms with Crippen molar-refractivity contribution in [2.45, 2.75) is 30.9 Å². The highest BCUT2D eigenvalue weighted by molar-refractivity contribution is 7.99. The molecular weight excluding hydrogens is 260 g/mol. The van der Waals surface area contributed by atoms with E-state index in [0.717, 1.165) is 31.6 Å². The maximum absolute atomic E-state index is 9.03. The van der Waals surface area contributed by atoms with E-state index in [1.165, 1.54) is 5.75 Å². The van der Waals surface area contributed by atoms with Gasteiger partial charge >= 0.3 is 0 Å². The molecule has 100 valence electrons. The van der Waals surface area contributed by atoms with Gasteiger partial charge in [-0.1, -0.05) is 0 Å². The average molecular weight is 276 g/mol. The maximum atomic E-state index is 9.03. The minimum Gasteiger partial charge on any atom is -0.374 e. The molecule has 2 fully saturated rings. The normalized spacial score (nSPS) is 30.2. The van der Waals surface area contributed by atoms with E-state index in [0.29, 0.717) is 17.6 Å². The summed E-state index contributed by atoms with van der Waals surface area (Å²) in [5.41, 5.74) is 0.402. The number of nitrogens with one attached hydrogen (secondary N) is 1. The lowest BCUT2D eigenvalue weighted by Crippen LogP contribution is -2.44. The van der Waals surface area contributed by atoms with E-state index in [1.54, 1.807) is 12.4 Å². The number of rotatable bonds is 2. The van der Waals surface area contributed by atoms with Gasteiger partial charge in [0.1, 0.15) is 6.07 Å². The SMILES string of the molecule is N#Cc1nccnc1N[C@H]1CCO[C@@]2(CCSC2)C1. The van der Waals surface area contributed by atoms with Crippen molar-refractivity contribution in [1.29, 1.82) is 5.26 Å². The van der Waals surface area contributed by atoms with Gasteiger partial charge in [0.25, 0.3) is 0 Å². The second kappa shape index (κ2) is 5.35. The average Bonchev–Trinajstić information content (AvgIpc) is 2.87. The highest BCUT2D eigenvalue weighted by Crippen LogP contribution is 2.38. The Morgan fingerprint density at radius 3 is 3.16 bits per heavy atom. The third kappa shape index (κ3) is 2.67. The second-order valence-electron chi connectivity index (χ2n) is 5.03. The fourth-order valence-corrected chi connectivity index (χ4v) is 4.11. The van der Waals surface area contributed by atoms with Crippen LogP contribution in [0, 0.1) is 11.3 Å². The molecule has 1 spiro atoms. The van der Waals surface area contributed by atoms with E-state index in [1.807, 2.05) is 11.8 Å². The van der Waals surface area contributed by atoms with Crippen molar-refractivity contribution < 1.29 is 4.74 Å². The van der Waals surface area contributed by atoms with Crippen molar-refractivity contribution in [2.75, 3.05) is 23.4 Å². The Bertz CT molecular complexity index is 496. The predicted molar refractivity (Wildman–Crippen MR) is 74.0 cm³/mol. The Hall–Kier alpha value is -1.32. The monoisotopic (exact) mass is 276 g/mol. The van der Waals surface area contributed by atoms with Gasteiger partial charge in [-0.2, -0.15) is 17.0 Å². The summed E-state index contributed by atoms with van der Waals surface area (Å²) in [6.07, 6.45) is 6.23. The zero-order valence-corrected chi connectivity index (χ0v) is 11.4. The number of ether oxygens (including phenoxy) is 1. The third-order valence-electron chi connectivity index (χ3n) is 3.71. The van der Waals surface area contributed by atoms with E-state index >= 15 is 0 Å². The first kappa shape index (κ1) is 12.7. The highest BCUT2D eigenvalue weighted by atomic mass is 32.2. The summed E-state index contributed by atoms with van der Waals surface area (Å²) in [5, 5.41) is 12.4. The summed E-state index contributed by atoms with van der Waals surface area (Å²) in [6.45, 7) is 0.778. The molecule has 2 saturated heterocycles. The first-order valence-electron chi connectivity index (χ1n) is 6.51. The third-order valence-corrected chi connectivity index (χ3v) is 4.93. The Morgan fingerprint density at radius 2 is 2.37 bits per heavy atom. The Morgan fingerprint density at radius 1 is 1.47 bits per heavy atom. The predicted octanol–water partition coefficient (Wildman–Crippen LogP) is 1.81. The molecule has 2 atom stereocenters. The van der Waals surface area contributed by atoms with Gasteiger partial charge < -0.3 is 10.1 Å². The topological polar surface area (TPSA) is 70.8 Å². The number of anilines is 1. The van der Waals surface area contributed by atoms with Gasteiger partial charge in [-0.3, -0.25) is 0 Å². The minimum atomic E-state index is 0.0373. The molecule has 3 rings (SSSR count). The molecule has 0 unspecified atom stereocenters. The molecule has 0 bridgehead atoms. The van der Waals surface area contributed by atoms with Crippen molar-refractivity contribution in [3.05, 3.63) is 18.1 Å². The number of aromatic nitrogens is 2. The Kier molecular flexibility index (Phi) is 3.58. The Labute approximate surface area is 116 Å². The number of hydrogen-bond donors (Lipinski definition) is 1. The summed E-state index contributed by atoms with van der Waals surface area (Å²) in [6, 6.07) is 2.39. The standard InChI is InChI=1S/C13H16N4OS/c14-8-11-12(16-4-3-15-11)17-10-1-5-18-13(7-10)2-6-19-9-13/h3-4,10H,1-2,5-7,9H2,(H,16,17)/t10-,13-/m0/s1. The van der Waals surface area contributed by atoms with Crippen LogP contribution in [0.1, 0.15) is 25.0 Å². The van der Waals surface area contributed by atoms with Gasteiger partial charge in [0.05, 0.1) is 5.60 Å². The number of nitriles is 1. The molecule has 0 saturated carbocycles. The smallest absolute Gasteiger partial charge is 0.182 e. The Balaban J connectivity index is 1.71. The molecule has 6 heteroatoms. The van der Waals surface area contributed by atoms with Crippen molar-refractivity contribution in [3.63, 3.8) is 0 Å². The van der Waals surface area contributed by atoms with E-state index in [-0.39, 0.29) is 5.60 Å². The van der Waals surface area contributed by atoms with Crippen molar-refractivity contribution in [2.24, 2.45) is 0 Å². The molecule has 0 aliphatic carbocycles. The first-order valence-corrected chi connectivity index (χ1v) is 7.66. The summed E-state index contributed by atoms with van der Waals surface area (Å²) >= 11 is 1.96. The molecule has 2 aliphatic heterocycles. The van der Waals surface area contributed by atoms with Crippen LogP contribution in [0.2, 0.25) is 0 Å². The molecule has 1 N–H and O–H groups in total. The lowest BCUT2D eigenvalue weighted by molar-refractivity contribution is -0.0628. The first-order chi connectivity index (χ1) is 9.31. The van der Waals surface area contributed by atoms with Gasteiger partial charge in [0, 0.05) is 30.8 Å². The quantitative estimate of drug-likeness (QED) is 0.888. The molecule has 1 aromatic rings. The van der Waals surface area contributed by atoms with Gasteiger partial charge in [-0.25, -0.2) is 9.97 Å². The molecular formula is C13H16N4OS. The molecule has 1 aromatic heterocycles. The largest absolute Gasteiger partial charge is 0.374 e. The zero-order chi connectivity index (χ0) is 13.1. The van der Waals surface area contributed by atoms with Crippen LogP contribution in [0.25, 0.3) is 0 Å². The molecule has 19 heavy (non-hydrogen) atoms. The lowest BCUT2D eigenvalue weighted by atomic mass is 9.90. The lowest BCUT2D eigenvalue weighted by Gasteiger charge is -2.38. The molecule has 0 radical (unpaired) electrons. The van der Waals surface area contributed by atoms with E-state index in [4.69, 9.17) is 10.00 Å². The van der Waals surface area contributed by atoms with Crippen LogP contribution >= 0.6 is 11.8 Å². The van der Waals surface area contributed by atoms with Gasteiger partial charge in [-0.15, -0.1) is 0 Å².